The number of aromatic nitrogens is 1. The zero-order valence-corrected chi connectivity index (χ0v) is 8.17. The highest BCUT2D eigenvalue weighted by atomic mass is 32.1. The average molecular weight is 182 g/mol. The summed E-state index contributed by atoms with van der Waals surface area (Å²) in [7, 11) is 0. The van der Waals surface area contributed by atoms with E-state index in [-0.39, 0.29) is 0 Å². The second-order valence-electron chi connectivity index (χ2n) is 2.75. The molecule has 1 aromatic rings. The molecular formula is C9H14N2S. The maximum Gasteiger partial charge on any atom is 0.0353 e. The van der Waals surface area contributed by atoms with Crippen molar-refractivity contribution in [2.75, 3.05) is 6.54 Å². The van der Waals surface area contributed by atoms with Crippen LogP contribution in [0, 0.1) is 0 Å². The third-order valence-corrected chi connectivity index (χ3v) is 1.91. The minimum Gasteiger partial charge on any atom is -0.264 e. The maximum atomic E-state index is 4.33. The van der Waals surface area contributed by atoms with Gasteiger partial charge in [-0.15, -0.1) is 0 Å². The van der Waals surface area contributed by atoms with E-state index in [9.17, 15) is 0 Å². The standard InChI is InChI=1S/C9H14N2S/c1-2-6-11(12)8-9-4-3-5-10-7-9/h3-5,7,12H,2,6,8H2,1H3. The van der Waals surface area contributed by atoms with Crippen LogP contribution < -0.4 is 0 Å². The number of rotatable bonds is 4. The van der Waals surface area contributed by atoms with Crippen LogP contribution in [-0.4, -0.2) is 15.8 Å². The van der Waals surface area contributed by atoms with Crippen LogP contribution in [0.4, 0.5) is 0 Å². The van der Waals surface area contributed by atoms with Gasteiger partial charge in [-0.25, -0.2) is 4.31 Å². The Labute approximate surface area is 79.2 Å². The van der Waals surface area contributed by atoms with E-state index in [2.05, 4.69) is 30.8 Å². The lowest BCUT2D eigenvalue weighted by Crippen LogP contribution is -2.12. The van der Waals surface area contributed by atoms with Gasteiger partial charge in [0.25, 0.3) is 0 Å². The minimum atomic E-state index is 0.866. The monoisotopic (exact) mass is 182 g/mol. The van der Waals surface area contributed by atoms with E-state index < -0.39 is 0 Å². The Hall–Kier alpha value is -0.540. The second-order valence-corrected chi connectivity index (χ2v) is 3.32. The molecule has 3 heteroatoms. The first-order valence-electron chi connectivity index (χ1n) is 4.15. The van der Waals surface area contributed by atoms with Gasteiger partial charge < -0.3 is 0 Å². The summed E-state index contributed by atoms with van der Waals surface area (Å²) < 4.78 is 2.00. The van der Waals surface area contributed by atoms with Gasteiger partial charge in [-0.05, 0) is 18.1 Å². The van der Waals surface area contributed by atoms with Crippen LogP contribution in [-0.2, 0) is 6.54 Å². The number of hydrogen-bond donors (Lipinski definition) is 1. The Morgan fingerprint density at radius 1 is 1.58 bits per heavy atom. The molecule has 0 amide bonds. The Morgan fingerprint density at radius 2 is 2.42 bits per heavy atom. The van der Waals surface area contributed by atoms with Crippen LogP contribution in [0.5, 0.6) is 0 Å². The van der Waals surface area contributed by atoms with Crippen molar-refractivity contribution in [2.24, 2.45) is 0 Å². The van der Waals surface area contributed by atoms with E-state index in [4.69, 9.17) is 0 Å². The smallest absolute Gasteiger partial charge is 0.0353 e. The molecule has 2 nitrogen and oxygen atoms in total. The van der Waals surface area contributed by atoms with E-state index in [1.807, 2.05) is 16.6 Å². The lowest BCUT2D eigenvalue weighted by atomic mass is 10.3. The average Bonchev–Trinajstić information content (AvgIpc) is 2.06. The van der Waals surface area contributed by atoms with Gasteiger partial charge in [0.15, 0.2) is 0 Å². The Bertz CT molecular complexity index is 213. The quantitative estimate of drug-likeness (QED) is 0.718. The fourth-order valence-electron chi connectivity index (χ4n) is 1.04. The van der Waals surface area contributed by atoms with Crippen molar-refractivity contribution >= 4 is 12.8 Å². The molecule has 1 rings (SSSR count). The Morgan fingerprint density at radius 3 is 3.00 bits per heavy atom. The summed E-state index contributed by atoms with van der Waals surface area (Å²) in [4.78, 5) is 4.04. The molecule has 0 aliphatic heterocycles. The molecule has 0 aromatic carbocycles. The summed E-state index contributed by atoms with van der Waals surface area (Å²) in [6, 6.07) is 4.01. The predicted octanol–water partition coefficient (Wildman–Crippen LogP) is 2.14. The van der Waals surface area contributed by atoms with Crippen molar-refractivity contribution < 1.29 is 0 Å². The van der Waals surface area contributed by atoms with Crippen LogP contribution in [0.3, 0.4) is 0 Å². The van der Waals surface area contributed by atoms with Gasteiger partial charge >= 0.3 is 0 Å². The second kappa shape index (κ2) is 5.17. The van der Waals surface area contributed by atoms with E-state index in [0.717, 1.165) is 19.5 Å². The predicted molar refractivity (Wildman–Crippen MR) is 53.9 cm³/mol. The summed E-state index contributed by atoms with van der Waals surface area (Å²) in [5.41, 5.74) is 1.21. The van der Waals surface area contributed by atoms with Gasteiger partial charge in [-0.2, -0.15) is 0 Å². The van der Waals surface area contributed by atoms with Crippen LogP contribution in [0.25, 0.3) is 0 Å². The van der Waals surface area contributed by atoms with E-state index >= 15 is 0 Å². The Kier molecular flexibility index (Phi) is 4.11. The van der Waals surface area contributed by atoms with Gasteiger partial charge in [0, 0.05) is 25.5 Å². The van der Waals surface area contributed by atoms with Gasteiger partial charge in [-0.3, -0.25) is 4.98 Å². The molecule has 66 valence electrons. The molecule has 1 aromatic heterocycles. The lowest BCUT2D eigenvalue weighted by Gasteiger charge is -2.12. The molecule has 0 aliphatic carbocycles. The van der Waals surface area contributed by atoms with Crippen LogP contribution >= 0.6 is 12.8 Å². The Balaban J connectivity index is 2.41. The number of pyridine rings is 1. The van der Waals surface area contributed by atoms with E-state index in [0.29, 0.717) is 0 Å². The molecule has 0 atom stereocenters. The summed E-state index contributed by atoms with van der Waals surface area (Å²) in [5, 5.41) is 0. The van der Waals surface area contributed by atoms with Crippen LogP contribution in [0.1, 0.15) is 18.9 Å². The SMILES string of the molecule is CCCN(S)Cc1cccnc1. The largest absolute Gasteiger partial charge is 0.264 e. The topological polar surface area (TPSA) is 16.1 Å². The van der Waals surface area contributed by atoms with Gasteiger partial charge in [0.1, 0.15) is 0 Å². The number of hydrogen-bond acceptors (Lipinski definition) is 3. The fourth-order valence-corrected chi connectivity index (χ4v) is 1.40. The lowest BCUT2D eigenvalue weighted by molar-refractivity contribution is 0.470. The van der Waals surface area contributed by atoms with Crippen LogP contribution in [0.2, 0.25) is 0 Å². The zero-order valence-electron chi connectivity index (χ0n) is 7.27. The molecule has 0 N–H and O–H groups in total. The molecule has 0 spiro atoms. The van der Waals surface area contributed by atoms with Crippen molar-refractivity contribution in [1.29, 1.82) is 0 Å². The molecular weight excluding hydrogens is 168 g/mol. The molecule has 0 radical (unpaired) electrons. The van der Waals surface area contributed by atoms with Crippen molar-refractivity contribution in [3.05, 3.63) is 30.1 Å². The third-order valence-electron chi connectivity index (χ3n) is 1.57. The normalized spacial score (nSPS) is 10.6. The third kappa shape index (κ3) is 3.24. The molecule has 0 aliphatic rings. The minimum absolute atomic E-state index is 0.866. The highest BCUT2D eigenvalue weighted by Gasteiger charge is 1.98. The van der Waals surface area contributed by atoms with Gasteiger partial charge in [0.2, 0.25) is 0 Å². The molecule has 0 saturated heterocycles. The van der Waals surface area contributed by atoms with Crippen molar-refractivity contribution in [1.82, 2.24) is 9.29 Å². The first-order chi connectivity index (χ1) is 5.83. The van der Waals surface area contributed by atoms with Crippen molar-refractivity contribution in [3.63, 3.8) is 0 Å². The highest BCUT2D eigenvalue weighted by Crippen LogP contribution is 2.04. The first-order valence-corrected chi connectivity index (χ1v) is 4.55. The van der Waals surface area contributed by atoms with Crippen molar-refractivity contribution in [2.45, 2.75) is 19.9 Å². The summed E-state index contributed by atoms with van der Waals surface area (Å²) in [6.07, 6.45) is 4.79. The van der Waals surface area contributed by atoms with E-state index in [1.165, 1.54) is 5.56 Å². The van der Waals surface area contributed by atoms with Gasteiger partial charge in [0.05, 0.1) is 0 Å². The molecule has 0 unspecified atom stereocenters. The molecule has 0 bridgehead atoms. The number of thiol groups is 1. The summed E-state index contributed by atoms with van der Waals surface area (Å²) >= 11 is 4.33. The summed E-state index contributed by atoms with van der Waals surface area (Å²) in [5.74, 6) is 0. The molecule has 0 saturated carbocycles. The maximum absolute atomic E-state index is 4.33. The van der Waals surface area contributed by atoms with E-state index in [1.54, 1.807) is 6.20 Å². The fraction of sp³-hybridized carbons (Fsp3) is 0.444. The molecule has 0 fully saturated rings. The summed E-state index contributed by atoms with van der Waals surface area (Å²) in [6.45, 7) is 4.02. The molecule has 1 heterocycles. The first kappa shape index (κ1) is 9.55. The van der Waals surface area contributed by atoms with Gasteiger partial charge in [-0.1, -0.05) is 25.8 Å². The van der Waals surface area contributed by atoms with Crippen LogP contribution in [0.15, 0.2) is 24.5 Å². The highest BCUT2D eigenvalue weighted by molar-refractivity contribution is 7.77. The molecule has 12 heavy (non-hydrogen) atoms. The van der Waals surface area contributed by atoms with Crippen molar-refractivity contribution in [3.8, 4) is 0 Å². The number of nitrogens with zero attached hydrogens (tertiary/aromatic N) is 2. The zero-order chi connectivity index (χ0) is 8.81.